The zero-order valence-electron chi connectivity index (χ0n) is 15.8. The highest BCUT2D eigenvalue weighted by molar-refractivity contribution is 7.17. The van der Waals surface area contributed by atoms with Gasteiger partial charge in [0.25, 0.3) is 11.8 Å². The van der Waals surface area contributed by atoms with Crippen LogP contribution in [0.5, 0.6) is 5.75 Å². The number of aryl methyl sites for hydroxylation is 1. The van der Waals surface area contributed by atoms with E-state index in [-0.39, 0.29) is 5.78 Å². The van der Waals surface area contributed by atoms with Gasteiger partial charge >= 0.3 is 5.97 Å². The molecule has 1 heterocycles. The standard InChI is InChI=1S/C20H20N2O6S/c1-11(23)12-4-2-5-13(8-12)27-10-17(25)28-9-16(24)22-20-18(19(21)26)14-6-3-7-15(14)29-20/h2,4-5,8H,3,6-7,9-10H2,1H3,(H2,21,26)(H,22,24). The molecule has 3 N–H and O–H groups in total. The second-order valence-electron chi connectivity index (χ2n) is 6.51. The molecule has 1 aliphatic rings. The summed E-state index contributed by atoms with van der Waals surface area (Å²) >= 11 is 1.33. The third-order valence-corrected chi connectivity index (χ3v) is 5.59. The number of benzene rings is 1. The van der Waals surface area contributed by atoms with Crippen LogP contribution < -0.4 is 15.8 Å². The maximum absolute atomic E-state index is 12.1. The number of esters is 1. The van der Waals surface area contributed by atoms with Gasteiger partial charge in [-0.05, 0) is 43.9 Å². The van der Waals surface area contributed by atoms with Gasteiger partial charge in [-0.2, -0.15) is 0 Å². The van der Waals surface area contributed by atoms with Gasteiger partial charge in [0.2, 0.25) is 0 Å². The second-order valence-corrected chi connectivity index (χ2v) is 7.61. The number of ketones is 1. The van der Waals surface area contributed by atoms with Gasteiger partial charge < -0.3 is 20.5 Å². The van der Waals surface area contributed by atoms with E-state index in [2.05, 4.69) is 5.32 Å². The minimum absolute atomic E-state index is 0.121. The molecule has 2 amide bonds. The molecule has 1 aromatic carbocycles. The van der Waals surface area contributed by atoms with E-state index in [1.165, 1.54) is 24.3 Å². The number of primary amides is 1. The quantitative estimate of drug-likeness (QED) is 0.501. The van der Waals surface area contributed by atoms with Gasteiger partial charge in [-0.3, -0.25) is 14.4 Å². The highest BCUT2D eigenvalue weighted by atomic mass is 32.1. The van der Waals surface area contributed by atoms with E-state index >= 15 is 0 Å². The molecule has 0 spiro atoms. The number of nitrogens with one attached hydrogen (secondary N) is 1. The van der Waals surface area contributed by atoms with Crippen molar-refractivity contribution in [3.05, 3.63) is 45.8 Å². The summed E-state index contributed by atoms with van der Waals surface area (Å²) in [5, 5.41) is 2.98. The number of Topliss-reactive ketones (excluding diaryl/α,β-unsaturated/α-hetero) is 1. The highest BCUT2D eigenvalue weighted by Gasteiger charge is 2.26. The average Bonchev–Trinajstić information content (AvgIpc) is 3.25. The Labute approximate surface area is 171 Å². The van der Waals surface area contributed by atoms with Crippen LogP contribution >= 0.6 is 11.3 Å². The van der Waals surface area contributed by atoms with E-state index in [1.807, 2.05) is 0 Å². The third kappa shape index (κ3) is 5.00. The fourth-order valence-corrected chi connectivity index (χ4v) is 4.36. The van der Waals surface area contributed by atoms with Gasteiger partial charge in [-0.25, -0.2) is 4.79 Å². The summed E-state index contributed by atoms with van der Waals surface area (Å²) in [4.78, 5) is 48.0. The maximum atomic E-state index is 12.1. The van der Waals surface area contributed by atoms with Crippen LogP contribution in [0.15, 0.2) is 24.3 Å². The maximum Gasteiger partial charge on any atom is 0.344 e. The Balaban J connectivity index is 1.50. The summed E-state index contributed by atoms with van der Waals surface area (Å²) < 4.78 is 10.2. The number of anilines is 1. The van der Waals surface area contributed by atoms with Crippen molar-refractivity contribution < 1.29 is 28.7 Å². The SMILES string of the molecule is CC(=O)c1cccc(OCC(=O)OCC(=O)Nc2sc3c(c2C(N)=O)CCC3)c1. The van der Waals surface area contributed by atoms with Crippen molar-refractivity contribution in [2.24, 2.45) is 5.73 Å². The Kier molecular flexibility index (Phi) is 6.28. The van der Waals surface area contributed by atoms with Crippen LogP contribution in [-0.2, 0) is 27.2 Å². The largest absolute Gasteiger partial charge is 0.482 e. The zero-order valence-corrected chi connectivity index (χ0v) is 16.6. The van der Waals surface area contributed by atoms with Crippen LogP contribution in [0.25, 0.3) is 0 Å². The molecular formula is C20H20N2O6S. The van der Waals surface area contributed by atoms with Gasteiger partial charge in [-0.1, -0.05) is 12.1 Å². The average molecular weight is 416 g/mol. The molecule has 1 aromatic heterocycles. The number of carbonyl (C=O) groups excluding carboxylic acids is 4. The van der Waals surface area contributed by atoms with Crippen LogP contribution in [0.4, 0.5) is 5.00 Å². The molecule has 9 heteroatoms. The van der Waals surface area contributed by atoms with Crippen molar-refractivity contribution in [2.75, 3.05) is 18.5 Å². The number of ether oxygens (including phenoxy) is 2. The fourth-order valence-electron chi connectivity index (χ4n) is 3.05. The van der Waals surface area contributed by atoms with Crippen LogP contribution in [0.3, 0.4) is 0 Å². The fraction of sp³-hybridized carbons (Fsp3) is 0.300. The molecule has 3 rings (SSSR count). The Morgan fingerprint density at radius 3 is 2.69 bits per heavy atom. The molecule has 0 atom stereocenters. The predicted octanol–water partition coefficient (Wildman–Crippen LogP) is 2.10. The first-order valence-corrected chi connectivity index (χ1v) is 9.80. The number of amides is 2. The molecule has 2 aromatic rings. The van der Waals surface area contributed by atoms with Crippen molar-refractivity contribution in [2.45, 2.75) is 26.2 Å². The summed E-state index contributed by atoms with van der Waals surface area (Å²) in [7, 11) is 0. The van der Waals surface area contributed by atoms with Crippen molar-refractivity contribution in [3.8, 4) is 5.75 Å². The Morgan fingerprint density at radius 2 is 1.97 bits per heavy atom. The van der Waals surface area contributed by atoms with Gasteiger partial charge in [-0.15, -0.1) is 11.3 Å². The molecule has 152 valence electrons. The second kappa shape index (κ2) is 8.87. The van der Waals surface area contributed by atoms with E-state index in [1.54, 1.807) is 18.2 Å². The van der Waals surface area contributed by atoms with E-state index in [0.29, 0.717) is 21.9 Å². The van der Waals surface area contributed by atoms with Gasteiger partial charge in [0, 0.05) is 10.4 Å². The molecule has 0 aliphatic heterocycles. The highest BCUT2D eigenvalue weighted by Crippen LogP contribution is 2.38. The van der Waals surface area contributed by atoms with Crippen molar-refractivity contribution in [3.63, 3.8) is 0 Å². The minimum Gasteiger partial charge on any atom is -0.482 e. The van der Waals surface area contributed by atoms with Crippen LogP contribution in [0, 0.1) is 0 Å². The molecule has 0 saturated carbocycles. The Morgan fingerprint density at radius 1 is 1.17 bits per heavy atom. The lowest BCUT2D eigenvalue weighted by Crippen LogP contribution is -2.24. The lowest BCUT2D eigenvalue weighted by atomic mass is 10.1. The number of rotatable bonds is 8. The molecule has 8 nitrogen and oxygen atoms in total. The van der Waals surface area contributed by atoms with Gasteiger partial charge in [0.1, 0.15) is 10.8 Å². The summed E-state index contributed by atoms with van der Waals surface area (Å²) in [6, 6.07) is 6.40. The number of fused-ring (bicyclic) bond motifs is 1. The van der Waals surface area contributed by atoms with Gasteiger partial charge in [0.15, 0.2) is 19.0 Å². The third-order valence-electron chi connectivity index (χ3n) is 4.38. The van der Waals surface area contributed by atoms with Crippen molar-refractivity contribution >= 4 is 39.9 Å². The number of hydrogen-bond donors (Lipinski definition) is 2. The molecule has 0 saturated heterocycles. The summed E-state index contributed by atoms with van der Waals surface area (Å²) in [5.41, 5.74) is 7.15. The summed E-state index contributed by atoms with van der Waals surface area (Å²) in [5.74, 6) is -1.67. The smallest absolute Gasteiger partial charge is 0.344 e. The van der Waals surface area contributed by atoms with Crippen LogP contribution in [0.2, 0.25) is 0 Å². The first kappa shape index (κ1) is 20.5. The first-order valence-electron chi connectivity index (χ1n) is 8.98. The summed E-state index contributed by atoms with van der Waals surface area (Å²) in [6.45, 7) is 0.503. The molecular weight excluding hydrogens is 396 g/mol. The molecule has 1 aliphatic carbocycles. The van der Waals surface area contributed by atoms with Crippen LogP contribution in [0.1, 0.15) is 44.5 Å². The molecule has 0 unspecified atom stereocenters. The minimum atomic E-state index is -0.739. The van der Waals surface area contributed by atoms with E-state index in [0.717, 1.165) is 29.7 Å². The molecule has 29 heavy (non-hydrogen) atoms. The van der Waals surface area contributed by atoms with Crippen molar-refractivity contribution in [1.29, 1.82) is 0 Å². The van der Waals surface area contributed by atoms with E-state index in [9.17, 15) is 19.2 Å². The first-order chi connectivity index (χ1) is 13.8. The number of hydrogen-bond acceptors (Lipinski definition) is 7. The number of thiophene rings is 1. The lowest BCUT2D eigenvalue weighted by molar-refractivity contribution is -0.149. The number of nitrogens with two attached hydrogens (primary N) is 1. The zero-order chi connectivity index (χ0) is 21.0. The monoisotopic (exact) mass is 416 g/mol. The number of carbonyl (C=O) groups is 4. The van der Waals surface area contributed by atoms with Gasteiger partial charge in [0.05, 0.1) is 5.56 Å². The van der Waals surface area contributed by atoms with E-state index in [4.69, 9.17) is 15.2 Å². The molecule has 0 fully saturated rings. The predicted molar refractivity (Wildman–Crippen MR) is 106 cm³/mol. The Hall–Kier alpha value is -3.20. The Bertz CT molecular complexity index is 981. The molecule has 0 radical (unpaired) electrons. The summed E-state index contributed by atoms with van der Waals surface area (Å²) in [6.07, 6.45) is 2.58. The lowest BCUT2D eigenvalue weighted by Gasteiger charge is -2.08. The van der Waals surface area contributed by atoms with Crippen LogP contribution in [-0.4, -0.2) is 36.8 Å². The molecule has 0 bridgehead atoms. The van der Waals surface area contributed by atoms with Crippen molar-refractivity contribution in [1.82, 2.24) is 0 Å². The topological polar surface area (TPSA) is 125 Å². The normalized spacial score (nSPS) is 12.2. The van der Waals surface area contributed by atoms with E-state index < -0.39 is 31.0 Å².